The van der Waals surface area contributed by atoms with Gasteiger partial charge in [0.1, 0.15) is 0 Å². The van der Waals surface area contributed by atoms with Crippen LogP contribution in [0.15, 0.2) is 152 Å². The van der Waals surface area contributed by atoms with Crippen molar-refractivity contribution in [1.82, 2.24) is 54.8 Å². The van der Waals surface area contributed by atoms with Crippen molar-refractivity contribution in [1.29, 1.82) is 0 Å². The zero-order chi connectivity index (χ0) is 62.3. The van der Waals surface area contributed by atoms with Gasteiger partial charge in [-0.1, -0.05) is 144 Å². The maximum absolute atomic E-state index is 4.23. The molecular formula is C74H89N11Y6-12. The van der Waals surface area contributed by atoms with Gasteiger partial charge in [0.2, 0.25) is 0 Å². The Hall–Kier alpha value is -1.95. The quantitative estimate of drug-likeness (QED) is 0.134. The molecule has 470 valence electrons. The van der Waals surface area contributed by atoms with Gasteiger partial charge in [-0.05, 0) is 87.0 Å². The minimum atomic E-state index is 0. The van der Waals surface area contributed by atoms with Crippen molar-refractivity contribution in [2.24, 2.45) is 0 Å². The number of hydrogen-bond acceptors (Lipinski definition) is 11. The van der Waals surface area contributed by atoms with E-state index < -0.39 is 0 Å². The van der Waals surface area contributed by atoms with Gasteiger partial charge in [0.05, 0.1) is 0 Å². The first-order valence-corrected chi connectivity index (χ1v) is 27.8. The SMILES string of the molecule is C.C[CH-]C.C[CH-]C.C[CH-]C.C[CH-]C.C[CH-]C.C[CH-]C.Cc1cc2n[c-]ccc2cn1.Cc1ccc2cc[c-]nc2c1.Cc1ccc2cc[c-]nc2n1.Cc1ccc2cn[c-]nc2c1.Cc1ccc2nc[c-]nc2c1.Cc1cnc2cc[c-]nc2c1.[Y].[Y].[Y].[Y].[Y].[Y]. The van der Waals surface area contributed by atoms with Crippen molar-refractivity contribution in [2.75, 3.05) is 0 Å². The first-order chi connectivity index (χ1) is 40.6. The molecule has 17 heteroatoms. The molecule has 12 aromatic rings. The molecular weight excluding hydrogens is 1580 g/mol. The van der Waals surface area contributed by atoms with Crippen LogP contribution in [0.5, 0.6) is 0 Å². The molecule has 9 aromatic heterocycles. The van der Waals surface area contributed by atoms with E-state index in [4.69, 9.17) is 0 Å². The minimum Gasteiger partial charge on any atom is -0.448 e. The Balaban J connectivity index is -0.000000174. The summed E-state index contributed by atoms with van der Waals surface area (Å²) in [5.74, 6) is 0. The fourth-order valence-electron chi connectivity index (χ4n) is 6.21. The molecule has 12 rings (SSSR count). The van der Waals surface area contributed by atoms with Gasteiger partial charge in [0, 0.05) is 238 Å². The molecule has 11 nitrogen and oxygen atoms in total. The summed E-state index contributed by atoms with van der Waals surface area (Å²) in [6.07, 6.45) is 35.4. The van der Waals surface area contributed by atoms with Crippen LogP contribution < -0.4 is 0 Å². The van der Waals surface area contributed by atoms with Gasteiger partial charge in [-0.2, -0.15) is 126 Å². The molecule has 0 fully saturated rings. The molecule has 0 N–H and O–H groups in total. The van der Waals surface area contributed by atoms with Crippen LogP contribution in [0.4, 0.5) is 0 Å². The van der Waals surface area contributed by atoms with E-state index in [0.29, 0.717) is 0 Å². The molecule has 0 amide bonds. The average Bonchev–Trinajstić information content (AvgIpc) is 2.52. The zero-order valence-electron chi connectivity index (χ0n) is 56.3. The van der Waals surface area contributed by atoms with E-state index in [0.717, 1.165) is 77.4 Å². The molecule has 0 aliphatic heterocycles. The van der Waals surface area contributed by atoms with E-state index in [2.05, 4.69) is 117 Å². The van der Waals surface area contributed by atoms with Crippen molar-refractivity contribution in [2.45, 2.75) is 132 Å². The van der Waals surface area contributed by atoms with E-state index in [1.54, 1.807) is 30.6 Å². The van der Waals surface area contributed by atoms with E-state index in [-0.39, 0.29) is 204 Å². The molecule has 0 unspecified atom stereocenters. The smallest absolute Gasteiger partial charge is 0.0453 e. The Morgan fingerprint density at radius 2 is 0.681 bits per heavy atom. The summed E-state index contributed by atoms with van der Waals surface area (Å²) in [4.78, 5) is 44.8. The van der Waals surface area contributed by atoms with Crippen molar-refractivity contribution in [3.05, 3.63) is 262 Å². The Labute approximate surface area is 700 Å². The van der Waals surface area contributed by atoms with Gasteiger partial charge in [-0.25, -0.2) is 0 Å². The number of nitrogens with zero attached hydrogens (tertiary/aromatic N) is 11. The van der Waals surface area contributed by atoms with Crippen LogP contribution in [0.3, 0.4) is 0 Å². The molecule has 91 heavy (non-hydrogen) atoms. The third kappa shape index (κ3) is 46.8. The Morgan fingerprint density at radius 1 is 0.297 bits per heavy atom. The Kier molecular flexibility index (Phi) is 75.1. The average molecular weight is 1670 g/mol. The monoisotopic (exact) mass is 1670 g/mol. The second-order valence-electron chi connectivity index (χ2n) is 18.5. The normalized spacial score (nSPS) is 8.64. The van der Waals surface area contributed by atoms with E-state index in [1.165, 1.54) is 22.1 Å². The summed E-state index contributed by atoms with van der Waals surface area (Å²) in [7, 11) is 0. The third-order valence-corrected chi connectivity index (χ3v) is 9.56. The molecule has 0 atom stereocenters. The summed E-state index contributed by atoms with van der Waals surface area (Å²) >= 11 is 0. The molecule has 9 heterocycles. The second-order valence-corrected chi connectivity index (χ2v) is 18.5. The number of hydrogen-bond donors (Lipinski definition) is 0. The first kappa shape index (κ1) is 103. The summed E-state index contributed by atoms with van der Waals surface area (Å²) in [5.41, 5.74) is 14.1. The molecule has 0 aliphatic carbocycles. The number of benzene rings is 3. The van der Waals surface area contributed by atoms with Gasteiger partial charge in [-0.3, -0.25) is 19.9 Å². The fourth-order valence-corrected chi connectivity index (χ4v) is 6.21. The standard InChI is InChI=1S/C10H8N.5C9H7N2.6C3H7.CH4.6Y/c1-8-4-5-9-3-2-6-11-10(9)7-8;1-7-2-3-8-5-10-6-11-9(8)4-7;1-7-2-3-8-9(6-7)11-5-4-10-8;1-7-4-5-8-3-2-6-10-9(8)11-7;1-7-5-9-8(6-11-7)3-2-4-10-9;1-7-5-9-8(11-6-7)3-2-4-10-9;6*1-3-2;;;;;;;/h2-5,7H,1H3;2-5H,1H3;2-4,6H,1H3;2-5H,1H3;2*2-3,5-6H,1H3;6*3H,1-2H3;1H4;;;;;;/q12*-1;;;;;;;. The molecule has 3 aromatic carbocycles. The topological polar surface area (TPSA) is 142 Å². The number of aromatic nitrogens is 11. The number of rotatable bonds is 0. The Bertz CT molecular complexity index is 3020. The van der Waals surface area contributed by atoms with Crippen LogP contribution >= 0.6 is 0 Å². The summed E-state index contributed by atoms with van der Waals surface area (Å²) in [5, 5.41) is 4.37. The molecule has 0 bridgehead atoms. The van der Waals surface area contributed by atoms with E-state index in [9.17, 15) is 0 Å². The van der Waals surface area contributed by atoms with Crippen LogP contribution in [0.1, 0.15) is 124 Å². The first-order valence-electron chi connectivity index (χ1n) is 27.8. The molecule has 0 aliphatic rings. The predicted molar refractivity (Wildman–Crippen MR) is 361 cm³/mol. The fraction of sp³-hybridized carbons (Fsp3) is 0.257. The molecule has 0 saturated carbocycles. The predicted octanol–water partition coefficient (Wildman–Crippen LogP) is 19.0. The molecule has 6 radical (unpaired) electrons. The van der Waals surface area contributed by atoms with E-state index in [1.807, 2.05) is 260 Å². The van der Waals surface area contributed by atoms with Crippen LogP contribution in [-0.2, 0) is 196 Å². The third-order valence-electron chi connectivity index (χ3n) is 9.56. The van der Waals surface area contributed by atoms with Crippen LogP contribution in [-0.4, -0.2) is 54.8 Å². The Morgan fingerprint density at radius 3 is 1.23 bits per heavy atom. The maximum Gasteiger partial charge on any atom is 0.0453 e. The van der Waals surface area contributed by atoms with Crippen LogP contribution in [0.25, 0.3) is 65.8 Å². The molecule has 0 spiro atoms. The minimum absolute atomic E-state index is 0. The van der Waals surface area contributed by atoms with Gasteiger partial charge in [0.25, 0.3) is 0 Å². The number of aryl methyl sites for hydroxylation is 6. The van der Waals surface area contributed by atoms with Crippen molar-refractivity contribution < 1.29 is 196 Å². The summed E-state index contributed by atoms with van der Waals surface area (Å²) in [6, 6.07) is 41.2. The maximum atomic E-state index is 4.23. The van der Waals surface area contributed by atoms with Gasteiger partial charge in [-0.15, -0.1) is 23.7 Å². The number of fused-ring (bicyclic) bond motifs is 6. The summed E-state index contributed by atoms with van der Waals surface area (Å²) < 4.78 is 0. The van der Waals surface area contributed by atoms with E-state index >= 15 is 0 Å². The van der Waals surface area contributed by atoms with Gasteiger partial charge in [0.15, 0.2) is 0 Å². The molecule has 0 saturated heterocycles. The summed E-state index contributed by atoms with van der Waals surface area (Å²) in [6.45, 7) is 36.0. The zero-order valence-corrected chi connectivity index (χ0v) is 73.3. The van der Waals surface area contributed by atoms with Crippen LogP contribution in [0, 0.1) is 117 Å². The van der Waals surface area contributed by atoms with Crippen LogP contribution in [0.2, 0.25) is 0 Å². The second kappa shape index (κ2) is 66.7. The number of pyridine rings is 7. The van der Waals surface area contributed by atoms with Crippen molar-refractivity contribution in [3.63, 3.8) is 0 Å². The largest absolute Gasteiger partial charge is 0.448 e. The van der Waals surface area contributed by atoms with Gasteiger partial charge < -0.3 is 73.4 Å². The van der Waals surface area contributed by atoms with Crippen molar-refractivity contribution >= 4 is 65.8 Å². The van der Waals surface area contributed by atoms with Gasteiger partial charge >= 0.3 is 0 Å². The van der Waals surface area contributed by atoms with Crippen molar-refractivity contribution in [3.8, 4) is 0 Å².